The predicted molar refractivity (Wildman–Crippen MR) is 66.3 cm³/mol. The van der Waals surface area contributed by atoms with Crippen LogP contribution in [0.25, 0.3) is 0 Å². The van der Waals surface area contributed by atoms with Gasteiger partial charge in [-0.15, -0.1) is 11.3 Å². The van der Waals surface area contributed by atoms with Gasteiger partial charge in [-0.1, -0.05) is 0 Å². The summed E-state index contributed by atoms with van der Waals surface area (Å²) in [6.07, 6.45) is 0. The van der Waals surface area contributed by atoms with Crippen LogP contribution in [0.2, 0.25) is 0 Å². The fraction of sp³-hybridized carbons (Fsp3) is 0.231. The molecule has 1 aromatic carbocycles. The third kappa shape index (κ3) is 2.42. The minimum Gasteiger partial charge on any atom is -0.309 e. The van der Waals surface area contributed by atoms with Crippen LogP contribution in [-0.2, 0) is 0 Å². The van der Waals surface area contributed by atoms with Crippen molar-refractivity contribution < 1.29 is 13.2 Å². The molecular formula is C13H12F3NS. The molecule has 1 atom stereocenters. The zero-order valence-corrected chi connectivity index (χ0v) is 10.7. The summed E-state index contributed by atoms with van der Waals surface area (Å²) in [5.41, 5.74) is 1.28. The fourth-order valence-electron chi connectivity index (χ4n) is 1.88. The lowest BCUT2D eigenvalue weighted by Crippen LogP contribution is -2.17. The average Bonchev–Trinajstić information content (AvgIpc) is 2.73. The van der Waals surface area contributed by atoms with E-state index < -0.39 is 17.5 Å². The van der Waals surface area contributed by atoms with Crippen LogP contribution in [0.5, 0.6) is 0 Å². The van der Waals surface area contributed by atoms with Gasteiger partial charge in [0.1, 0.15) is 0 Å². The molecule has 0 aliphatic rings. The first kappa shape index (κ1) is 13.1. The Hall–Kier alpha value is -1.33. The lowest BCUT2D eigenvalue weighted by atomic mass is 10.0. The Morgan fingerprint density at radius 3 is 2.11 bits per heavy atom. The highest BCUT2D eigenvalue weighted by molar-refractivity contribution is 7.10. The van der Waals surface area contributed by atoms with Gasteiger partial charge in [0.15, 0.2) is 17.5 Å². The molecule has 0 amide bonds. The van der Waals surface area contributed by atoms with Crippen LogP contribution in [0.1, 0.15) is 22.0 Å². The second kappa shape index (κ2) is 5.12. The summed E-state index contributed by atoms with van der Waals surface area (Å²) < 4.78 is 39.4. The van der Waals surface area contributed by atoms with E-state index in [2.05, 4.69) is 5.32 Å². The van der Waals surface area contributed by atoms with Crippen LogP contribution in [0.15, 0.2) is 23.6 Å². The molecule has 0 saturated heterocycles. The van der Waals surface area contributed by atoms with Crippen molar-refractivity contribution in [3.63, 3.8) is 0 Å². The number of aryl methyl sites for hydroxylation is 1. The topological polar surface area (TPSA) is 12.0 Å². The first-order valence-electron chi connectivity index (χ1n) is 5.39. The molecule has 2 rings (SSSR count). The molecule has 0 bridgehead atoms. The third-order valence-corrected chi connectivity index (χ3v) is 3.59. The Morgan fingerprint density at radius 1 is 1.06 bits per heavy atom. The molecule has 2 aromatic rings. The Morgan fingerprint density at radius 2 is 1.67 bits per heavy atom. The van der Waals surface area contributed by atoms with E-state index in [9.17, 15) is 13.2 Å². The van der Waals surface area contributed by atoms with Crippen molar-refractivity contribution in [1.82, 2.24) is 5.32 Å². The summed E-state index contributed by atoms with van der Waals surface area (Å²) >= 11 is 1.55. The highest BCUT2D eigenvalue weighted by atomic mass is 32.1. The van der Waals surface area contributed by atoms with Crippen LogP contribution in [0.4, 0.5) is 13.2 Å². The second-order valence-corrected chi connectivity index (χ2v) is 5.13. The Balaban J connectivity index is 2.45. The standard InChI is InChI=1S/C13H12F3NS/c1-7-3-9(6-18-7)13(17-2)8-4-10(14)12(16)11(15)5-8/h3-6,13,17H,1-2H3. The molecule has 1 unspecified atom stereocenters. The molecule has 0 fully saturated rings. The monoisotopic (exact) mass is 271 g/mol. The van der Waals surface area contributed by atoms with Crippen molar-refractivity contribution in [3.8, 4) is 0 Å². The molecule has 1 heterocycles. The maximum atomic E-state index is 13.2. The summed E-state index contributed by atoms with van der Waals surface area (Å²) in [7, 11) is 1.69. The normalized spacial score (nSPS) is 12.7. The molecule has 1 nitrogen and oxygen atoms in total. The van der Waals surface area contributed by atoms with Crippen LogP contribution in [0.3, 0.4) is 0 Å². The van der Waals surface area contributed by atoms with Gasteiger partial charge in [-0.25, -0.2) is 13.2 Å². The van der Waals surface area contributed by atoms with E-state index in [1.54, 1.807) is 18.4 Å². The molecule has 0 aliphatic carbocycles. The zero-order valence-electron chi connectivity index (χ0n) is 9.93. The van der Waals surface area contributed by atoms with E-state index in [0.717, 1.165) is 22.6 Å². The predicted octanol–water partition coefficient (Wildman–Crippen LogP) is 3.78. The molecule has 0 saturated carbocycles. The highest BCUT2D eigenvalue weighted by Crippen LogP contribution is 2.27. The van der Waals surface area contributed by atoms with E-state index in [1.165, 1.54) is 0 Å². The number of hydrogen-bond donors (Lipinski definition) is 1. The molecule has 1 aromatic heterocycles. The van der Waals surface area contributed by atoms with Gasteiger partial charge in [0.2, 0.25) is 0 Å². The van der Waals surface area contributed by atoms with Gasteiger partial charge < -0.3 is 5.32 Å². The number of hydrogen-bond acceptors (Lipinski definition) is 2. The van der Waals surface area contributed by atoms with Crippen LogP contribution >= 0.6 is 11.3 Å². The van der Waals surface area contributed by atoms with Gasteiger partial charge in [-0.05, 0) is 48.7 Å². The van der Waals surface area contributed by atoms with Crippen LogP contribution < -0.4 is 5.32 Å². The highest BCUT2D eigenvalue weighted by Gasteiger charge is 2.18. The van der Waals surface area contributed by atoms with E-state index in [-0.39, 0.29) is 6.04 Å². The van der Waals surface area contributed by atoms with Gasteiger partial charge >= 0.3 is 0 Å². The lowest BCUT2D eigenvalue weighted by Gasteiger charge is -2.16. The molecule has 0 aliphatic heterocycles. The smallest absolute Gasteiger partial charge is 0.194 e. The second-order valence-electron chi connectivity index (χ2n) is 4.01. The van der Waals surface area contributed by atoms with Crippen LogP contribution in [0, 0.1) is 24.4 Å². The minimum atomic E-state index is -1.44. The minimum absolute atomic E-state index is 0.348. The molecule has 1 N–H and O–H groups in total. The number of nitrogens with one attached hydrogen (secondary N) is 1. The Kier molecular flexibility index (Phi) is 3.73. The number of benzene rings is 1. The first-order valence-corrected chi connectivity index (χ1v) is 6.27. The van der Waals surface area contributed by atoms with E-state index in [4.69, 9.17) is 0 Å². The maximum absolute atomic E-state index is 13.2. The number of thiophene rings is 1. The van der Waals surface area contributed by atoms with E-state index >= 15 is 0 Å². The molecule has 18 heavy (non-hydrogen) atoms. The SMILES string of the molecule is CNC(c1csc(C)c1)c1cc(F)c(F)c(F)c1. The molecule has 0 radical (unpaired) electrons. The lowest BCUT2D eigenvalue weighted by molar-refractivity contribution is 0.443. The summed E-state index contributed by atoms with van der Waals surface area (Å²) in [4.78, 5) is 1.10. The number of halogens is 3. The van der Waals surface area contributed by atoms with Crippen molar-refractivity contribution in [1.29, 1.82) is 0 Å². The summed E-state index contributed by atoms with van der Waals surface area (Å²) in [6.45, 7) is 1.95. The average molecular weight is 271 g/mol. The molecular weight excluding hydrogens is 259 g/mol. The Bertz CT molecular complexity index is 542. The first-order chi connectivity index (χ1) is 8.52. The Labute approximate surface area is 107 Å². The van der Waals surface area contributed by atoms with E-state index in [1.807, 2.05) is 18.4 Å². The van der Waals surface area contributed by atoms with Gasteiger partial charge in [0, 0.05) is 4.88 Å². The van der Waals surface area contributed by atoms with Gasteiger partial charge in [-0.3, -0.25) is 0 Å². The summed E-state index contributed by atoms with van der Waals surface area (Å²) in [5, 5.41) is 4.89. The molecule has 96 valence electrons. The van der Waals surface area contributed by atoms with Gasteiger partial charge in [0.05, 0.1) is 6.04 Å². The molecule has 5 heteroatoms. The van der Waals surface area contributed by atoms with Crippen molar-refractivity contribution in [3.05, 3.63) is 57.0 Å². The molecule has 0 spiro atoms. The van der Waals surface area contributed by atoms with Gasteiger partial charge in [0.25, 0.3) is 0 Å². The van der Waals surface area contributed by atoms with Gasteiger partial charge in [-0.2, -0.15) is 0 Å². The van der Waals surface area contributed by atoms with Crippen molar-refractivity contribution in [2.75, 3.05) is 7.05 Å². The van der Waals surface area contributed by atoms with Crippen LogP contribution in [-0.4, -0.2) is 7.05 Å². The van der Waals surface area contributed by atoms with E-state index in [0.29, 0.717) is 5.56 Å². The largest absolute Gasteiger partial charge is 0.309 e. The maximum Gasteiger partial charge on any atom is 0.194 e. The summed E-state index contributed by atoms with van der Waals surface area (Å²) in [5.74, 6) is -3.77. The van der Waals surface area contributed by atoms with Crippen molar-refractivity contribution in [2.24, 2.45) is 0 Å². The van der Waals surface area contributed by atoms with Crippen molar-refractivity contribution >= 4 is 11.3 Å². The fourth-order valence-corrected chi connectivity index (χ4v) is 2.61. The zero-order chi connectivity index (χ0) is 13.3. The quantitative estimate of drug-likeness (QED) is 0.838. The van der Waals surface area contributed by atoms with Crippen molar-refractivity contribution in [2.45, 2.75) is 13.0 Å². The summed E-state index contributed by atoms with van der Waals surface area (Å²) in [6, 6.07) is 3.63. The third-order valence-electron chi connectivity index (χ3n) is 2.71. The number of rotatable bonds is 3.